The van der Waals surface area contributed by atoms with Crippen molar-refractivity contribution in [2.24, 2.45) is 10.8 Å². The van der Waals surface area contributed by atoms with Crippen molar-refractivity contribution in [3.8, 4) is 6.07 Å². The zero-order valence-corrected chi connectivity index (χ0v) is 13.2. The number of rotatable bonds is 3. The molecular formula is C19H16N4O. The fraction of sp³-hybridized carbons (Fsp3) is 0.105. The fourth-order valence-corrected chi connectivity index (χ4v) is 2.75. The third kappa shape index (κ3) is 2.66. The molecule has 0 saturated carbocycles. The van der Waals surface area contributed by atoms with Gasteiger partial charge in [0.25, 0.3) is 0 Å². The maximum Gasteiger partial charge on any atom is 0.176 e. The van der Waals surface area contributed by atoms with E-state index < -0.39 is 5.92 Å². The molecule has 0 amide bonds. The van der Waals surface area contributed by atoms with Crippen molar-refractivity contribution >= 4 is 17.2 Å². The van der Waals surface area contributed by atoms with Crippen LogP contribution in [0.2, 0.25) is 0 Å². The topological polar surface area (TPSA) is 82.5 Å². The molecule has 24 heavy (non-hydrogen) atoms. The van der Waals surface area contributed by atoms with Crippen LogP contribution < -0.4 is 10.7 Å². The summed E-state index contributed by atoms with van der Waals surface area (Å²) in [6.45, 7) is 1.45. The second-order valence-electron chi connectivity index (χ2n) is 5.44. The molecule has 1 unspecified atom stereocenters. The number of allylic oxidation sites excluding steroid dienone is 1. The average molecular weight is 316 g/mol. The molecule has 2 aromatic rings. The Bertz CT molecular complexity index is 863. The summed E-state index contributed by atoms with van der Waals surface area (Å²) in [5, 5.41) is 15.6. The first-order chi connectivity index (χ1) is 11.6. The molecule has 0 bridgehead atoms. The summed E-state index contributed by atoms with van der Waals surface area (Å²) in [6, 6.07) is 20.7. The van der Waals surface area contributed by atoms with Crippen LogP contribution in [0.4, 0.5) is 5.69 Å². The van der Waals surface area contributed by atoms with E-state index in [1.807, 2.05) is 60.7 Å². The molecule has 2 N–H and O–H groups in total. The van der Waals surface area contributed by atoms with Gasteiger partial charge in [0.2, 0.25) is 0 Å². The first-order valence-corrected chi connectivity index (χ1v) is 7.52. The Morgan fingerprint density at radius 2 is 1.71 bits per heavy atom. The minimum Gasteiger partial charge on any atom is -0.383 e. The predicted octanol–water partition coefficient (Wildman–Crippen LogP) is 2.93. The molecule has 5 heteroatoms. The lowest BCUT2D eigenvalue weighted by Gasteiger charge is -2.30. The second-order valence-corrected chi connectivity index (χ2v) is 5.44. The standard InChI is InChI=1S/C19H16N4O/c1-13(24)18-17(14-8-4-2-5-9-14)16(12-20)19(21)23(22-18)15-10-6-3-7-11-15/h2-11,17H,21H2,1H3. The van der Waals surface area contributed by atoms with Crippen LogP contribution in [-0.4, -0.2) is 11.5 Å². The summed E-state index contributed by atoms with van der Waals surface area (Å²) in [4.78, 5) is 12.2. The first-order valence-electron chi connectivity index (χ1n) is 7.52. The highest BCUT2D eigenvalue weighted by Gasteiger charge is 2.34. The van der Waals surface area contributed by atoms with Crippen LogP contribution in [0.25, 0.3) is 0 Å². The number of hydrogen-bond donors (Lipinski definition) is 1. The van der Waals surface area contributed by atoms with E-state index in [0.717, 1.165) is 5.56 Å². The highest BCUT2D eigenvalue weighted by Crippen LogP contribution is 2.34. The number of para-hydroxylation sites is 1. The average Bonchev–Trinajstić information content (AvgIpc) is 2.62. The number of Topliss-reactive ketones (excluding diaryl/α,β-unsaturated/α-hetero) is 1. The molecule has 3 rings (SSSR count). The second kappa shape index (κ2) is 6.39. The highest BCUT2D eigenvalue weighted by molar-refractivity contribution is 6.42. The van der Waals surface area contributed by atoms with E-state index in [4.69, 9.17) is 5.73 Å². The van der Waals surface area contributed by atoms with E-state index in [1.54, 1.807) is 0 Å². The molecule has 0 aromatic heterocycles. The molecule has 0 saturated heterocycles. The van der Waals surface area contributed by atoms with Crippen molar-refractivity contribution < 1.29 is 4.79 Å². The number of ketones is 1. The molecule has 1 aliphatic rings. The smallest absolute Gasteiger partial charge is 0.176 e. The summed E-state index contributed by atoms with van der Waals surface area (Å²) in [7, 11) is 0. The fourth-order valence-electron chi connectivity index (χ4n) is 2.75. The van der Waals surface area contributed by atoms with Gasteiger partial charge in [0.1, 0.15) is 11.5 Å². The van der Waals surface area contributed by atoms with E-state index in [1.165, 1.54) is 11.9 Å². The summed E-state index contributed by atoms with van der Waals surface area (Å²) >= 11 is 0. The summed E-state index contributed by atoms with van der Waals surface area (Å²) in [5.74, 6) is -0.499. The van der Waals surface area contributed by atoms with Crippen molar-refractivity contribution in [3.63, 3.8) is 0 Å². The number of benzene rings is 2. The van der Waals surface area contributed by atoms with Gasteiger partial charge in [-0.05, 0) is 17.7 Å². The Morgan fingerprint density at radius 1 is 1.12 bits per heavy atom. The zero-order chi connectivity index (χ0) is 17.1. The third-order valence-corrected chi connectivity index (χ3v) is 3.89. The van der Waals surface area contributed by atoms with Crippen molar-refractivity contribution in [3.05, 3.63) is 77.6 Å². The number of nitrogens with zero attached hydrogens (tertiary/aromatic N) is 3. The van der Waals surface area contributed by atoms with Crippen LogP contribution in [0.5, 0.6) is 0 Å². The third-order valence-electron chi connectivity index (χ3n) is 3.89. The van der Waals surface area contributed by atoms with Crippen LogP contribution in [-0.2, 0) is 4.79 Å². The lowest BCUT2D eigenvalue weighted by molar-refractivity contribution is -0.111. The van der Waals surface area contributed by atoms with Gasteiger partial charge in [0.05, 0.1) is 23.2 Å². The summed E-state index contributed by atoms with van der Waals surface area (Å²) in [5.41, 5.74) is 8.37. The van der Waals surface area contributed by atoms with Gasteiger partial charge in [-0.1, -0.05) is 48.5 Å². The van der Waals surface area contributed by atoms with Gasteiger partial charge < -0.3 is 5.73 Å². The molecule has 0 aliphatic carbocycles. The molecule has 118 valence electrons. The number of anilines is 1. The minimum absolute atomic E-state index is 0.190. The van der Waals surface area contributed by atoms with Gasteiger partial charge in [-0.3, -0.25) is 4.79 Å². The maximum atomic E-state index is 12.2. The van der Waals surface area contributed by atoms with Crippen LogP contribution >= 0.6 is 0 Å². The number of hydrazone groups is 1. The first kappa shape index (κ1) is 15.5. The van der Waals surface area contributed by atoms with Crippen molar-refractivity contribution in [1.29, 1.82) is 5.26 Å². The van der Waals surface area contributed by atoms with Crippen LogP contribution in [0.1, 0.15) is 18.4 Å². The minimum atomic E-state index is -0.548. The van der Waals surface area contributed by atoms with E-state index in [9.17, 15) is 10.1 Å². The van der Waals surface area contributed by atoms with E-state index in [0.29, 0.717) is 17.0 Å². The number of hydrogen-bond acceptors (Lipinski definition) is 5. The van der Waals surface area contributed by atoms with E-state index in [-0.39, 0.29) is 11.6 Å². The molecular weight excluding hydrogens is 300 g/mol. The molecule has 1 heterocycles. The number of nitrogens with two attached hydrogens (primary N) is 1. The molecule has 5 nitrogen and oxygen atoms in total. The van der Waals surface area contributed by atoms with Gasteiger partial charge in [0.15, 0.2) is 5.78 Å². The predicted molar refractivity (Wildman–Crippen MR) is 93.0 cm³/mol. The Kier molecular flexibility index (Phi) is 4.13. The van der Waals surface area contributed by atoms with Crippen LogP contribution in [0.15, 0.2) is 77.2 Å². The largest absolute Gasteiger partial charge is 0.383 e. The maximum absolute atomic E-state index is 12.2. The normalized spacial score (nSPS) is 17.2. The Balaban J connectivity index is 2.19. The zero-order valence-electron chi connectivity index (χ0n) is 13.2. The molecule has 2 aromatic carbocycles. The van der Waals surface area contributed by atoms with Gasteiger partial charge in [-0.2, -0.15) is 10.4 Å². The van der Waals surface area contributed by atoms with Gasteiger partial charge in [0, 0.05) is 6.92 Å². The molecule has 1 aliphatic heterocycles. The van der Waals surface area contributed by atoms with E-state index in [2.05, 4.69) is 11.2 Å². The molecule has 0 radical (unpaired) electrons. The number of carbonyl (C=O) groups is 1. The molecule has 0 spiro atoms. The molecule has 0 fully saturated rings. The van der Waals surface area contributed by atoms with Crippen molar-refractivity contribution in [2.75, 3.05) is 5.01 Å². The number of nitriles is 1. The lowest BCUT2D eigenvalue weighted by Crippen LogP contribution is -2.36. The Labute approximate surface area is 140 Å². The quantitative estimate of drug-likeness (QED) is 0.943. The van der Waals surface area contributed by atoms with Crippen LogP contribution in [0.3, 0.4) is 0 Å². The van der Waals surface area contributed by atoms with E-state index >= 15 is 0 Å². The monoisotopic (exact) mass is 316 g/mol. The summed E-state index contributed by atoms with van der Waals surface area (Å²) in [6.07, 6.45) is 0. The van der Waals surface area contributed by atoms with Crippen molar-refractivity contribution in [1.82, 2.24) is 0 Å². The van der Waals surface area contributed by atoms with Crippen molar-refractivity contribution in [2.45, 2.75) is 12.8 Å². The van der Waals surface area contributed by atoms with Crippen LogP contribution in [0, 0.1) is 11.3 Å². The Morgan fingerprint density at radius 3 is 2.25 bits per heavy atom. The summed E-state index contributed by atoms with van der Waals surface area (Å²) < 4.78 is 0. The SMILES string of the molecule is CC(=O)C1=NN(c2ccccc2)C(N)=C(C#N)C1c1ccccc1. The number of carbonyl (C=O) groups excluding carboxylic acids is 1. The lowest BCUT2D eigenvalue weighted by atomic mass is 9.85. The Hall–Kier alpha value is -3.39. The molecule has 1 atom stereocenters. The van der Waals surface area contributed by atoms with Gasteiger partial charge >= 0.3 is 0 Å². The van der Waals surface area contributed by atoms with Gasteiger partial charge in [-0.15, -0.1) is 0 Å². The van der Waals surface area contributed by atoms with Gasteiger partial charge in [-0.25, -0.2) is 5.01 Å². The highest BCUT2D eigenvalue weighted by atomic mass is 16.1.